The van der Waals surface area contributed by atoms with E-state index >= 15 is 0 Å². The molecule has 0 aliphatic carbocycles. The lowest BCUT2D eigenvalue weighted by molar-refractivity contribution is -0.141. The van der Waals surface area contributed by atoms with E-state index in [-0.39, 0.29) is 5.92 Å². The summed E-state index contributed by atoms with van der Waals surface area (Å²) in [5.41, 5.74) is 0. The summed E-state index contributed by atoms with van der Waals surface area (Å²) in [5, 5.41) is 8.78. The lowest BCUT2D eigenvalue weighted by Gasteiger charge is -2.04. The van der Waals surface area contributed by atoms with Crippen molar-refractivity contribution in [1.29, 1.82) is 0 Å². The van der Waals surface area contributed by atoms with Crippen molar-refractivity contribution in [1.82, 2.24) is 0 Å². The van der Waals surface area contributed by atoms with Crippen LogP contribution in [0.5, 0.6) is 0 Å². The number of allylic oxidation sites excluding steroid dienone is 8. The second kappa shape index (κ2) is 16.8. The van der Waals surface area contributed by atoms with E-state index in [0.29, 0.717) is 0 Å². The normalized spacial score (nSPS) is 13.8. The van der Waals surface area contributed by atoms with E-state index in [1.165, 1.54) is 0 Å². The van der Waals surface area contributed by atoms with Gasteiger partial charge in [0.25, 0.3) is 0 Å². The van der Waals surface area contributed by atoms with Crippen LogP contribution in [0.25, 0.3) is 0 Å². The van der Waals surface area contributed by atoms with Crippen LogP contribution in [0.1, 0.15) is 71.6 Å². The number of carboxylic acids is 1. The lowest BCUT2D eigenvalue weighted by Crippen LogP contribution is -2.08. The molecule has 0 bridgehead atoms. The summed E-state index contributed by atoms with van der Waals surface area (Å²) in [7, 11) is 0. The minimum atomic E-state index is -0.677. The Labute approximate surface area is 142 Å². The predicted octanol–water partition coefficient (Wildman–Crippen LogP) is 6.46. The summed E-state index contributed by atoms with van der Waals surface area (Å²) in [6.45, 7) is 3.93. The number of aliphatic carboxylic acids is 1. The third-order valence-electron chi connectivity index (χ3n) is 3.65. The summed E-state index contributed by atoms with van der Waals surface area (Å²) in [4.78, 5) is 10.7. The fraction of sp³-hybridized carbons (Fsp3) is 0.571. The smallest absolute Gasteiger partial charge is 0.306 e. The largest absolute Gasteiger partial charge is 0.481 e. The van der Waals surface area contributed by atoms with E-state index in [9.17, 15) is 4.79 Å². The number of carboxylic acid groups (broad SMARTS) is 1. The molecule has 0 fully saturated rings. The Morgan fingerprint density at radius 2 is 1.35 bits per heavy atom. The Kier molecular flexibility index (Phi) is 15.6. The van der Waals surface area contributed by atoms with Gasteiger partial charge in [0.05, 0.1) is 5.92 Å². The molecule has 0 saturated carbocycles. The maximum atomic E-state index is 10.7. The van der Waals surface area contributed by atoms with E-state index in [2.05, 4.69) is 55.5 Å². The monoisotopic (exact) mass is 318 g/mol. The fourth-order valence-electron chi connectivity index (χ4n) is 2.11. The zero-order valence-corrected chi connectivity index (χ0v) is 14.9. The van der Waals surface area contributed by atoms with Crippen molar-refractivity contribution in [2.45, 2.75) is 71.6 Å². The molecule has 2 nitrogen and oxygen atoms in total. The summed E-state index contributed by atoms with van der Waals surface area (Å²) >= 11 is 0. The molecule has 2 heteroatoms. The molecule has 0 amide bonds. The van der Waals surface area contributed by atoms with Crippen LogP contribution in [0.15, 0.2) is 48.6 Å². The van der Waals surface area contributed by atoms with E-state index in [1.54, 1.807) is 6.92 Å². The van der Waals surface area contributed by atoms with Gasteiger partial charge in [-0.05, 0) is 44.9 Å². The highest BCUT2D eigenvalue weighted by molar-refractivity contribution is 5.69. The average Bonchev–Trinajstić information content (AvgIpc) is 2.54. The van der Waals surface area contributed by atoms with E-state index in [0.717, 1.165) is 57.8 Å². The van der Waals surface area contributed by atoms with Gasteiger partial charge in [-0.1, -0.05) is 75.3 Å². The fourth-order valence-corrected chi connectivity index (χ4v) is 2.11. The molecule has 0 aromatic heterocycles. The quantitative estimate of drug-likeness (QED) is 0.294. The highest BCUT2D eigenvalue weighted by Gasteiger charge is 2.08. The van der Waals surface area contributed by atoms with Gasteiger partial charge in [0.1, 0.15) is 0 Å². The van der Waals surface area contributed by atoms with Gasteiger partial charge in [0.15, 0.2) is 0 Å². The summed E-state index contributed by atoms with van der Waals surface area (Å²) in [6.07, 6.45) is 27.0. The summed E-state index contributed by atoms with van der Waals surface area (Å²) < 4.78 is 0. The van der Waals surface area contributed by atoms with Crippen LogP contribution in [0.3, 0.4) is 0 Å². The number of hydrogen-bond donors (Lipinski definition) is 1. The lowest BCUT2D eigenvalue weighted by atomic mass is 10.0. The molecule has 0 spiro atoms. The molecule has 1 unspecified atom stereocenters. The zero-order chi connectivity index (χ0) is 17.2. The van der Waals surface area contributed by atoms with Crippen LogP contribution < -0.4 is 0 Å². The molecule has 23 heavy (non-hydrogen) atoms. The molecule has 0 aliphatic rings. The van der Waals surface area contributed by atoms with Crippen LogP contribution in [0, 0.1) is 5.92 Å². The van der Waals surface area contributed by atoms with Crippen LogP contribution >= 0.6 is 0 Å². The van der Waals surface area contributed by atoms with Crippen LogP contribution in [-0.4, -0.2) is 11.1 Å². The first-order valence-electron chi connectivity index (χ1n) is 9.01. The van der Waals surface area contributed by atoms with Crippen molar-refractivity contribution in [2.75, 3.05) is 0 Å². The van der Waals surface area contributed by atoms with Gasteiger partial charge in [-0.25, -0.2) is 0 Å². The molecular weight excluding hydrogens is 284 g/mol. The van der Waals surface area contributed by atoms with Gasteiger partial charge in [0, 0.05) is 0 Å². The van der Waals surface area contributed by atoms with Crippen molar-refractivity contribution in [3.05, 3.63) is 48.6 Å². The number of rotatable bonds is 14. The molecule has 0 aromatic rings. The first-order valence-corrected chi connectivity index (χ1v) is 9.01. The van der Waals surface area contributed by atoms with Crippen LogP contribution in [0.2, 0.25) is 0 Å². The number of unbranched alkanes of at least 4 members (excludes halogenated alkanes) is 3. The number of hydrogen-bond acceptors (Lipinski definition) is 1. The van der Waals surface area contributed by atoms with Crippen molar-refractivity contribution in [2.24, 2.45) is 5.92 Å². The molecule has 0 radical (unpaired) electrons. The zero-order valence-electron chi connectivity index (χ0n) is 14.9. The van der Waals surface area contributed by atoms with Gasteiger partial charge < -0.3 is 5.11 Å². The first-order chi connectivity index (χ1) is 11.2. The minimum absolute atomic E-state index is 0.201. The predicted molar refractivity (Wildman–Crippen MR) is 101 cm³/mol. The maximum absolute atomic E-state index is 10.7. The second-order valence-corrected chi connectivity index (χ2v) is 5.88. The molecule has 0 aromatic carbocycles. The van der Waals surface area contributed by atoms with Crippen LogP contribution in [0.4, 0.5) is 0 Å². The first kappa shape index (κ1) is 21.4. The molecule has 0 aliphatic heterocycles. The average molecular weight is 319 g/mol. The molecule has 1 N–H and O–H groups in total. The maximum Gasteiger partial charge on any atom is 0.306 e. The van der Waals surface area contributed by atoms with Gasteiger partial charge in [-0.15, -0.1) is 0 Å². The van der Waals surface area contributed by atoms with E-state index < -0.39 is 5.97 Å². The molecule has 0 rings (SSSR count). The highest BCUT2D eigenvalue weighted by Crippen LogP contribution is 2.10. The molecular formula is C21H34O2. The second-order valence-electron chi connectivity index (χ2n) is 5.88. The van der Waals surface area contributed by atoms with Gasteiger partial charge in [0.2, 0.25) is 0 Å². The Bertz CT molecular complexity index is 389. The Morgan fingerprint density at radius 3 is 1.87 bits per heavy atom. The van der Waals surface area contributed by atoms with Crippen LogP contribution in [-0.2, 0) is 4.79 Å². The van der Waals surface area contributed by atoms with Crippen molar-refractivity contribution >= 4 is 5.97 Å². The summed E-state index contributed by atoms with van der Waals surface area (Å²) in [6, 6.07) is 0. The Morgan fingerprint density at radius 1 is 0.826 bits per heavy atom. The Balaban J connectivity index is 3.42. The standard InChI is InChI=1S/C21H34O2/c1-3-4-5-6-7-8-9-10-11-12-13-14-15-16-17-18-19-20(2)21(22)23/h4-5,7-8,10-11,13-14,20H,3,6,9,12,15-19H2,1-2H3,(H,22,23). The highest BCUT2D eigenvalue weighted by atomic mass is 16.4. The van der Waals surface area contributed by atoms with E-state index in [4.69, 9.17) is 5.11 Å². The van der Waals surface area contributed by atoms with Crippen molar-refractivity contribution in [3.8, 4) is 0 Å². The minimum Gasteiger partial charge on any atom is -0.481 e. The molecule has 0 saturated heterocycles. The van der Waals surface area contributed by atoms with Crippen molar-refractivity contribution < 1.29 is 9.90 Å². The number of carbonyl (C=O) groups is 1. The van der Waals surface area contributed by atoms with E-state index in [1.807, 2.05) is 0 Å². The van der Waals surface area contributed by atoms with Gasteiger partial charge in [-0.2, -0.15) is 0 Å². The van der Waals surface area contributed by atoms with Gasteiger partial charge >= 0.3 is 5.97 Å². The molecule has 130 valence electrons. The molecule has 1 atom stereocenters. The summed E-state index contributed by atoms with van der Waals surface area (Å²) in [5.74, 6) is -0.878. The third-order valence-corrected chi connectivity index (χ3v) is 3.65. The Hall–Kier alpha value is -1.57. The van der Waals surface area contributed by atoms with Crippen molar-refractivity contribution in [3.63, 3.8) is 0 Å². The topological polar surface area (TPSA) is 37.3 Å². The molecule has 0 heterocycles. The third kappa shape index (κ3) is 16.6. The van der Waals surface area contributed by atoms with Gasteiger partial charge in [-0.3, -0.25) is 4.79 Å². The SMILES string of the molecule is CCC=CCC=CCC=CCC=CCCCCCC(C)C(=O)O.